The highest BCUT2D eigenvalue weighted by molar-refractivity contribution is 5.83. The zero-order valence-electron chi connectivity index (χ0n) is 14.2. The number of aromatic amines is 1. The summed E-state index contributed by atoms with van der Waals surface area (Å²) in [5, 5.41) is 11.2. The number of benzene rings is 1. The van der Waals surface area contributed by atoms with E-state index in [1.807, 2.05) is 30.3 Å². The summed E-state index contributed by atoms with van der Waals surface area (Å²) in [6, 6.07) is 8.72. The zero-order valence-corrected chi connectivity index (χ0v) is 14.2. The largest absolute Gasteiger partial charge is 0.334 e. The molecule has 1 atom stereocenters. The van der Waals surface area contributed by atoms with E-state index in [-0.39, 0.29) is 11.5 Å². The first-order chi connectivity index (χ1) is 12.6. The zero-order chi connectivity index (χ0) is 18.1. The Morgan fingerprint density at radius 3 is 2.81 bits per heavy atom. The van der Waals surface area contributed by atoms with Gasteiger partial charge >= 0.3 is 0 Å². The fourth-order valence-electron chi connectivity index (χ4n) is 3.26. The monoisotopic (exact) mass is 351 g/mol. The second kappa shape index (κ2) is 6.51. The Labute approximate surface area is 148 Å². The van der Waals surface area contributed by atoms with Crippen molar-refractivity contribution in [2.24, 2.45) is 0 Å². The van der Waals surface area contributed by atoms with Crippen molar-refractivity contribution in [3.05, 3.63) is 69.7 Å². The summed E-state index contributed by atoms with van der Waals surface area (Å²) in [6.07, 6.45) is 1.90. The molecular formula is C17H17N7O2. The molecule has 2 aromatic heterocycles. The number of hydrogen-bond donors (Lipinski definition) is 1. The molecule has 0 saturated heterocycles. The van der Waals surface area contributed by atoms with Crippen molar-refractivity contribution in [1.29, 1.82) is 0 Å². The van der Waals surface area contributed by atoms with Gasteiger partial charge in [-0.3, -0.25) is 9.59 Å². The number of amides is 1. The third kappa shape index (κ3) is 2.87. The summed E-state index contributed by atoms with van der Waals surface area (Å²) in [5.41, 5.74) is 1.97. The van der Waals surface area contributed by atoms with Crippen LogP contribution in [0.3, 0.4) is 0 Å². The molecule has 0 aliphatic carbocycles. The lowest BCUT2D eigenvalue weighted by Crippen LogP contribution is -2.43. The predicted octanol–water partition coefficient (Wildman–Crippen LogP) is 0.239. The topological polar surface area (TPSA) is 110 Å². The number of nitrogens with zero attached hydrogens (tertiary/aromatic N) is 6. The molecule has 0 bridgehead atoms. The molecule has 1 aromatic carbocycles. The summed E-state index contributed by atoms with van der Waals surface area (Å²) >= 11 is 0. The Kier molecular flexibility index (Phi) is 4.04. The van der Waals surface area contributed by atoms with E-state index in [1.54, 1.807) is 11.8 Å². The van der Waals surface area contributed by atoms with Gasteiger partial charge in [0.15, 0.2) is 6.04 Å². The number of fused-ring (bicyclic) bond motifs is 1. The van der Waals surface area contributed by atoms with Crippen LogP contribution >= 0.6 is 0 Å². The van der Waals surface area contributed by atoms with Crippen molar-refractivity contribution in [3.8, 4) is 0 Å². The van der Waals surface area contributed by atoms with E-state index in [9.17, 15) is 9.59 Å². The summed E-state index contributed by atoms with van der Waals surface area (Å²) in [6.45, 7) is 2.48. The molecule has 3 aromatic rings. The van der Waals surface area contributed by atoms with E-state index in [1.165, 1.54) is 11.0 Å². The van der Waals surface area contributed by atoms with Crippen LogP contribution in [0.25, 0.3) is 0 Å². The number of carbonyl (C=O) groups excluding carboxylic acids is 1. The van der Waals surface area contributed by atoms with Crippen LogP contribution < -0.4 is 5.56 Å². The van der Waals surface area contributed by atoms with Crippen molar-refractivity contribution in [2.75, 3.05) is 6.54 Å². The van der Waals surface area contributed by atoms with Gasteiger partial charge in [0.2, 0.25) is 0 Å². The van der Waals surface area contributed by atoms with Crippen LogP contribution in [0.1, 0.15) is 28.7 Å². The molecule has 9 heteroatoms. The first-order valence-electron chi connectivity index (χ1n) is 8.28. The molecule has 3 heterocycles. The van der Waals surface area contributed by atoms with Gasteiger partial charge in [0.05, 0.1) is 12.2 Å². The number of hydrogen-bond acceptors (Lipinski definition) is 6. The minimum absolute atomic E-state index is 0.125. The number of nitrogens with one attached hydrogen (secondary N) is 1. The smallest absolute Gasteiger partial charge is 0.254 e. The van der Waals surface area contributed by atoms with Crippen LogP contribution in [0, 0.1) is 6.92 Å². The van der Waals surface area contributed by atoms with Crippen LogP contribution in [0.2, 0.25) is 0 Å². The van der Waals surface area contributed by atoms with Gasteiger partial charge in [-0.05, 0) is 29.3 Å². The Morgan fingerprint density at radius 2 is 2.08 bits per heavy atom. The van der Waals surface area contributed by atoms with Crippen molar-refractivity contribution in [1.82, 2.24) is 35.1 Å². The fraction of sp³-hybridized carbons (Fsp3) is 0.294. The van der Waals surface area contributed by atoms with E-state index < -0.39 is 6.04 Å². The quantitative estimate of drug-likeness (QED) is 0.724. The SMILES string of the molecule is Cc1nc2c(c(=O)[nH]1)CCN(C(=O)[C@@H](c1ccccc1)n1cnnn1)C2. The third-order valence-corrected chi connectivity index (χ3v) is 4.48. The van der Waals surface area contributed by atoms with Crippen LogP contribution in [-0.2, 0) is 17.8 Å². The minimum Gasteiger partial charge on any atom is -0.334 e. The molecule has 26 heavy (non-hydrogen) atoms. The van der Waals surface area contributed by atoms with E-state index in [0.29, 0.717) is 36.6 Å². The molecule has 1 aliphatic heterocycles. The van der Waals surface area contributed by atoms with Crippen LogP contribution in [-0.4, -0.2) is 47.5 Å². The lowest BCUT2D eigenvalue weighted by Gasteiger charge is -2.30. The van der Waals surface area contributed by atoms with Gasteiger partial charge in [-0.15, -0.1) is 5.10 Å². The Bertz CT molecular complexity index is 982. The normalized spacial score (nSPS) is 14.7. The van der Waals surface area contributed by atoms with E-state index in [0.717, 1.165) is 5.56 Å². The number of aryl methyl sites for hydroxylation is 1. The molecule has 0 radical (unpaired) electrons. The highest BCUT2D eigenvalue weighted by Crippen LogP contribution is 2.23. The number of tetrazole rings is 1. The average molecular weight is 351 g/mol. The number of rotatable bonds is 3. The van der Waals surface area contributed by atoms with Crippen LogP contribution in [0.15, 0.2) is 41.5 Å². The predicted molar refractivity (Wildman–Crippen MR) is 91.1 cm³/mol. The first-order valence-corrected chi connectivity index (χ1v) is 8.28. The summed E-state index contributed by atoms with van der Waals surface area (Å²) in [5.74, 6) is 0.414. The van der Waals surface area contributed by atoms with Gasteiger partial charge in [0, 0.05) is 12.1 Å². The van der Waals surface area contributed by atoms with Crippen molar-refractivity contribution in [3.63, 3.8) is 0 Å². The van der Waals surface area contributed by atoms with Gasteiger partial charge in [0.1, 0.15) is 12.2 Å². The Balaban J connectivity index is 1.68. The molecule has 4 rings (SSSR count). The molecule has 9 nitrogen and oxygen atoms in total. The van der Waals surface area contributed by atoms with Crippen molar-refractivity contribution < 1.29 is 4.79 Å². The maximum atomic E-state index is 13.3. The molecule has 0 spiro atoms. The Hall–Kier alpha value is -3.36. The standard InChI is InChI=1S/C17H17N7O2/c1-11-19-14-9-23(8-7-13(14)16(25)20-11)17(26)15(24-10-18-21-22-24)12-5-3-2-4-6-12/h2-6,10,15H,7-9H2,1H3,(H,19,20,25)/t15-/m1/s1. The van der Waals surface area contributed by atoms with E-state index >= 15 is 0 Å². The van der Waals surface area contributed by atoms with Gasteiger partial charge in [-0.1, -0.05) is 30.3 Å². The lowest BCUT2D eigenvalue weighted by molar-refractivity contribution is -0.134. The summed E-state index contributed by atoms with van der Waals surface area (Å²) in [7, 11) is 0. The second-order valence-corrected chi connectivity index (χ2v) is 6.19. The molecular weight excluding hydrogens is 334 g/mol. The highest BCUT2D eigenvalue weighted by atomic mass is 16.2. The van der Waals surface area contributed by atoms with Crippen molar-refractivity contribution >= 4 is 5.91 Å². The fourth-order valence-corrected chi connectivity index (χ4v) is 3.26. The molecule has 0 saturated carbocycles. The maximum absolute atomic E-state index is 13.3. The first kappa shape index (κ1) is 16.1. The van der Waals surface area contributed by atoms with Crippen LogP contribution in [0.4, 0.5) is 0 Å². The second-order valence-electron chi connectivity index (χ2n) is 6.19. The van der Waals surface area contributed by atoms with E-state index in [2.05, 4.69) is 25.5 Å². The molecule has 1 amide bonds. The van der Waals surface area contributed by atoms with Gasteiger partial charge < -0.3 is 9.88 Å². The number of H-pyrrole nitrogens is 1. The molecule has 1 aliphatic rings. The number of aromatic nitrogens is 6. The lowest BCUT2D eigenvalue weighted by atomic mass is 10.0. The van der Waals surface area contributed by atoms with Gasteiger partial charge in [-0.2, -0.15) is 0 Å². The summed E-state index contributed by atoms with van der Waals surface area (Å²) < 4.78 is 1.45. The molecule has 1 N–H and O–H groups in total. The molecule has 0 fully saturated rings. The number of carbonyl (C=O) groups is 1. The average Bonchev–Trinajstić information content (AvgIpc) is 3.16. The summed E-state index contributed by atoms with van der Waals surface area (Å²) in [4.78, 5) is 34.2. The van der Waals surface area contributed by atoms with Crippen LogP contribution in [0.5, 0.6) is 0 Å². The van der Waals surface area contributed by atoms with Gasteiger partial charge in [0.25, 0.3) is 11.5 Å². The van der Waals surface area contributed by atoms with E-state index in [4.69, 9.17) is 0 Å². The Morgan fingerprint density at radius 1 is 1.27 bits per heavy atom. The maximum Gasteiger partial charge on any atom is 0.254 e. The highest BCUT2D eigenvalue weighted by Gasteiger charge is 2.32. The van der Waals surface area contributed by atoms with Crippen molar-refractivity contribution in [2.45, 2.75) is 25.9 Å². The molecule has 0 unspecified atom stereocenters. The minimum atomic E-state index is -0.657. The molecule has 132 valence electrons. The third-order valence-electron chi connectivity index (χ3n) is 4.48. The van der Waals surface area contributed by atoms with Gasteiger partial charge in [-0.25, -0.2) is 9.67 Å².